The highest BCUT2D eigenvalue weighted by Gasteiger charge is 2.07. The number of nitrogens with one attached hydrogen (secondary N) is 1. The Morgan fingerprint density at radius 1 is 1.36 bits per heavy atom. The number of aromatic amines is 1. The number of rotatable bonds is 0. The van der Waals surface area contributed by atoms with Crippen LogP contribution in [-0.2, 0) is 6.42 Å². The number of hydrogen-bond acceptors (Lipinski definition) is 3. The molecule has 0 atom stereocenters. The Kier molecular flexibility index (Phi) is 2.77. The Labute approximate surface area is 77.9 Å². The highest BCUT2D eigenvalue weighted by molar-refractivity contribution is 9.09. The first-order valence-corrected chi connectivity index (χ1v) is 7.24. The molecule has 0 saturated heterocycles. The number of H-pyrrole nitrogens is 1. The summed E-state index contributed by atoms with van der Waals surface area (Å²) in [6.45, 7) is 0. The summed E-state index contributed by atoms with van der Waals surface area (Å²) >= 11 is 0. The quantitative estimate of drug-likeness (QED) is 0.651. The molecule has 0 fully saturated rings. The van der Waals surface area contributed by atoms with Crippen LogP contribution in [0, 0.1) is 0 Å². The van der Waals surface area contributed by atoms with E-state index >= 15 is 0 Å². The van der Waals surface area contributed by atoms with Gasteiger partial charge in [-0.1, -0.05) is 10.8 Å². The lowest BCUT2D eigenvalue weighted by Gasteiger charge is -2.06. The van der Waals surface area contributed by atoms with E-state index in [1.54, 1.807) is 0 Å². The minimum Gasteiger partial charge on any atom is -0.366 e. The van der Waals surface area contributed by atoms with Gasteiger partial charge in [0, 0.05) is 23.0 Å². The maximum Gasteiger partial charge on any atom is 0.0397 e. The van der Waals surface area contributed by atoms with E-state index in [1.807, 2.05) is 31.4 Å². The second kappa shape index (κ2) is 3.83. The lowest BCUT2D eigenvalue weighted by molar-refractivity contribution is 0.920. The molecular weight excluding hydrogens is 194 g/mol. The summed E-state index contributed by atoms with van der Waals surface area (Å²) in [5, 5.41) is 0. The summed E-state index contributed by atoms with van der Waals surface area (Å²) in [6.07, 6.45) is 6.76. The van der Waals surface area contributed by atoms with Crippen LogP contribution in [-0.4, -0.2) is 10.7 Å². The standard InChI is InChI=1S/C7H9NS3/c1-2-6-4-8-5-7(6)10-11-9-3-1/h4-5,8H,1-3H2. The molecule has 0 aliphatic carbocycles. The number of aromatic nitrogens is 1. The molecule has 11 heavy (non-hydrogen) atoms. The molecule has 2 heterocycles. The van der Waals surface area contributed by atoms with E-state index in [-0.39, 0.29) is 0 Å². The van der Waals surface area contributed by atoms with Crippen LogP contribution in [0.25, 0.3) is 0 Å². The summed E-state index contributed by atoms with van der Waals surface area (Å²) in [4.78, 5) is 4.57. The Morgan fingerprint density at radius 3 is 3.36 bits per heavy atom. The Hall–Kier alpha value is 0.330. The topological polar surface area (TPSA) is 15.8 Å². The summed E-state index contributed by atoms with van der Waals surface area (Å²) in [5.74, 6) is 1.28. The highest BCUT2D eigenvalue weighted by Crippen LogP contribution is 2.43. The Balaban J connectivity index is 2.18. The van der Waals surface area contributed by atoms with Crippen molar-refractivity contribution < 1.29 is 0 Å². The first kappa shape index (κ1) is 7.95. The molecule has 4 heteroatoms. The molecular formula is C7H9NS3. The molecule has 1 nitrogen and oxygen atoms in total. The first-order valence-electron chi connectivity index (χ1n) is 3.58. The third kappa shape index (κ3) is 1.92. The maximum absolute atomic E-state index is 3.15. The van der Waals surface area contributed by atoms with Gasteiger partial charge in [-0.2, -0.15) is 0 Å². The number of hydrogen-bond donors (Lipinski definition) is 1. The number of fused-ring (bicyclic) bond motifs is 1. The zero-order valence-corrected chi connectivity index (χ0v) is 8.45. The van der Waals surface area contributed by atoms with Crippen molar-refractivity contribution in [1.82, 2.24) is 4.98 Å². The van der Waals surface area contributed by atoms with E-state index in [0.717, 1.165) is 0 Å². The fourth-order valence-electron chi connectivity index (χ4n) is 1.07. The van der Waals surface area contributed by atoms with Crippen molar-refractivity contribution in [3.63, 3.8) is 0 Å². The molecule has 0 spiro atoms. The summed E-state index contributed by atoms with van der Waals surface area (Å²) in [7, 11) is 5.73. The fraction of sp³-hybridized carbons (Fsp3) is 0.429. The van der Waals surface area contributed by atoms with Gasteiger partial charge < -0.3 is 4.98 Å². The van der Waals surface area contributed by atoms with Gasteiger partial charge in [-0.3, -0.25) is 0 Å². The molecule has 1 N–H and O–H groups in total. The van der Waals surface area contributed by atoms with E-state index in [2.05, 4.69) is 17.4 Å². The zero-order valence-electron chi connectivity index (χ0n) is 6.00. The molecule has 0 radical (unpaired) electrons. The van der Waals surface area contributed by atoms with Crippen LogP contribution in [0.1, 0.15) is 12.0 Å². The summed E-state index contributed by atoms with van der Waals surface area (Å²) in [5.41, 5.74) is 1.49. The first-order chi connectivity index (χ1) is 5.47. The molecule has 1 aromatic rings. The Morgan fingerprint density at radius 2 is 2.36 bits per heavy atom. The second-order valence-electron chi connectivity index (χ2n) is 2.42. The summed E-state index contributed by atoms with van der Waals surface area (Å²) < 4.78 is 0. The van der Waals surface area contributed by atoms with E-state index in [0.29, 0.717) is 0 Å². The molecule has 2 rings (SSSR count). The number of aryl methyl sites for hydroxylation is 1. The molecule has 0 bridgehead atoms. The SMILES string of the molecule is c1[nH]cc2c1CCCSSS2. The van der Waals surface area contributed by atoms with Crippen LogP contribution in [0.4, 0.5) is 0 Å². The van der Waals surface area contributed by atoms with Crippen molar-refractivity contribution in [1.29, 1.82) is 0 Å². The van der Waals surface area contributed by atoms with Crippen molar-refractivity contribution in [2.24, 2.45) is 0 Å². The average Bonchev–Trinajstić information content (AvgIpc) is 2.35. The minimum atomic E-state index is 1.24. The van der Waals surface area contributed by atoms with Gasteiger partial charge in [-0.05, 0) is 39.0 Å². The zero-order chi connectivity index (χ0) is 7.52. The predicted molar refractivity (Wildman–Crippen MR) is 55.0 cm³/mol. The second-order valence-corrected chi connectivity index (χ2v) is 6.65. The predicted octanol–water partition coefficient (Wildman–Crippen LogP) is 3.35. The van der Waals surface area contributed by atoms with Crippen molar-refractivity contribution in [2.45, 2.75) is 17.7 Å². The Bertz CT molecular complexity index is 211. The third-order valence-corrected chi connectivity index (χ3v) is 5.82. The molecule has 0 unspecified atom stereocenters. The van der Waals surface area contributed by atoms with E-state index in [9.17, 15) is 0 Å². The van der Waals surface area contributed by atoms with E-state index in [4.69, 9.17) is 0 Å². The van der Waals surface area contributed by atoms with Gasteiger partial charge in [0.15, 0.2) is 0 Å². The normalized spacial score (nSPS) is 18.5. The van der Waals surface area contributed by atoms with Crippen LogP contribution in [0.5, 0.6) is 0 Å². The summed E-state index contributed by atoms with van der Waals surface area (Å²) in [6, 6.07) is 0. The molecule has 1 aliphatic heterocycles. The van der Waals surface area contributed by atoms with Crippen LogP contribution in [0.2, 0.25) is 0 Å². The lowest BCUT2D eigenvalue weighted by atomic mass is 10.2. The highest BCUT2D eigenvalue weighted by atomic mass is 33.5. The third-order valence-electron chi connectivity index (χ3n) is 1.63. The molecule has 0 saturated carbocycles. The molecule has 0 aromatic carbocycles. The van der Waals surface area contributed by atoms with Crippen molar-refractivity contribution >= 4 is 31.4 Å². The molecule has 0 amide bonds. The van der Waals surface area contributed by atoms with Crippen molar-refractivity contribution in [2.75, 3.05) is 5.75 Å². The molecule has 60 valence electrons. The van der Waals surface area contributed by atoms with Crippen molar-refractivity contribution in [3.8, 4) is 0 Å². The van der Waals surface area contributed by atoms with Crippen molar-refractivity contribution in [3.05, 3.63) is 18.0 Å². The van der Waals surface area contributed by atoms with Gasteiger partial charge in [-0.15, -0.1) is 0 Å². The monoisotopic (exact) mass is 203 g/mol. The van der Waals surface area contributed by atoms with Crippen LogP contribution < -0.4 is 0 Å². The average molecular weight is 203 g/mol. The van der Waals surface area contributed by atoms with Crippen LogP contribution in [0.3, 0.4) is 0 Å². The van der Waals surface area contributed by atoms with Gasteiger partial charge in [-0.25, -0.2) is 0 Å². The van der Waals surface area contributed by atoms with Gasteiger partial charge in [0.25, 0.3) is 0 Å². The minimum absolute atomic E-state index is 1.24. The van der Waals surface area contributed by atoms with Crippen LogP contribution in [0.15, 0.2) is 17.3 Å². The lowest BCUT2D eigenvalue weighted by Crippen LogP contribution is -1.87. The van der Waals surface area contributed by atoms with E-state index < -0.39 is 0 Å². The van der Waals surface area contributed by atoms with Crippen LogP contribution >= 0.6 is 31.4 Å². The van der Waals surface area contributed by atoms with Gasteiger partial charge in [0.05, 0.1) is 0 Å². The molecule has 1 aliphatic rings. The van der Waals surface area contributed by atoms with E-state index in [1.165, 1.54) is 29.1 Å². The molecule has 1 aromatic heterocycles. The van der Waals surface area contributed by atoms with Gasteiger partial charge in [0.2, 0.25) is 0 Å². The van der Waals surface area contributed by atoms with Gasteiger partial charge in [0.1, 0.15) is 0 Å². The van der Waals surface area contributed by atoms with Gasteiger partial charge >= 0.3 is 0 Å². The smallest absolute Gasteiger partial charge is 0.0397 e. The maximum atomic E-state index is 3.15. The largest absolute Gasteiger partial charge is 0.366 e. The fourth-order valence-corrected chi connectivity index (χ4v) is 5.00.